The molecule has 1 aromatic carbocycles. The molecule has 18 heavy (non-hydrogen) atoms. The molecule has 0 radical (unpaired) electrons. The number of pyridine rings is 1. The van der Waals surface area contributed by atoms with Crippen LogP contribution in [0.25, 0.3) is 10.8 Å². The van der Waals surface area contributed by atoms with Crippen molar-refractivity contribution >= 4 is 22.1 Å². The zero-order valence-electron chi connectivity index (χ0n) is 9.91. The first-order valence-corrected chi connectivity index (χ1v) is 6.88. The number of nitrogens with two attached hydrogens (primary N) is 1. The van der Waals surface area contributed by atoms with Crippen LogP contribution in [-0.4, -0.2) is 4.98 Å². The summed E-state index contributed by atoms with van der Waals surface area (Å²) in [6.07, 6.45) is 4.59. The van der Waals surface area contributed by atoms with Gasteiger partial charge in [0.2, 0.25) is 0 Å². The van der Waals surface area contributed by atoms with Gasteiger partial charge in [0, 0.05) is 23.8 Å². The summed E-state index contributed by atoms with van der Waals surface area (Å²) in [5, 5.41) is 6.60. The molecule has 0 spiro atoms. The van der Waals surface area contributed by atoms with Crippen LogP contribution in [0, 0.1) is 0 Å². The molecule has 3 aromatic rings. The van der Waals surface area contributed by atoms with Gasteiger partial charge in [-0.1, -0.05) is 18.2 Å². The van der Waals surface area contributed by atoms with Crippen molar-refractivity contribution in [2.75, 3.05) is 0 Å². The first kappa shape index (κ1) is 11.4. The number of hydrogen-bond donors (Lipinski definition) is 1. The molecule has 1 unspecified atom stereocenters. The van der Waals surface area contributed by atoms with Crippen molar-refractivity contribution in [2.45, 2.75) is 12.5 Å². The van der Waals surface area contributed by atoms with Crippen LogP contribution in [0.15, 0.2) is 53.5 Å². The van der Waals surface area contributed by atoms with E-state index in [1.54, 1.807) is 11.3 Å². The summed E-state index contributed by atoms with van der Waals surface area (Å²) in [5.74, 6) is 0. The van der Waals surface area contributed by atoms with Gasteiger partial charge >= 0.3 is 0 Å². The van der Waals surface area contributed by atoms with E-state index >= 15 is 0 Å². The Kier molecular flexibility index (Phi) is 3.09. The monoisotopic (exact) mass is 254 g/mol. The Hall–Kier alpha value is -1.71. The highest BCUT2D eigenvalue weighted by atomic mass is 32.1. The molecular weight excluding hydrogens is 240 g/mol. The molecule has 0 amide bonds. The highest BCUT2D eigenvalue weighted by molar-refractivity contribution is 7.07. The molecule has 2 nitrogen and oxygen atoms in total. The van der Waals surface area contributed by atoms with Gasteiger partial charge in [-0.05, 0) is 45.8 Å². The third-order valence-corrected chi connectivity index (χ3v) is 3.88. The van der Waals surface area contributed by atoms with E-state index in [0.29, 0.717) is 0 Å². The van der Waals surface area contributed by atoms with Crippen molar-refractivity contribution in [3.8, 4) is 0 Å². The SMILES string of the molecule is NC(Cc1ccsc1)c1cccc2cnccc12. The van der Waals surface area contributed by atoms with Gasteiger partial charge in [0.1, 0.15) is 0 Å². The molecule has 90 valence electrons. The topological polar surface area (TPSA) is 38.9 Å². The van der Waals surface area contributed by atoms with E-state index in [9.17, 15) is 0 Å². The average Bonchev–Trinajstić information content (AvgIpc) is 2.91. The largest absolute Gasteiger partial charge is 0.324 e. The molecule has 0 saturated heterocycles. The summed E-state index contributed by atoms with van der Waals surface area (Å²) in [4.78, 5) is 4.15. The minimum Gasteiger partial charge on any atom is -0.324 e. The molecule has 3 rings (SSSR count). The van der Waals surface area contributed by atoms with E-state index < -0.39 is 0 Å². The Bertz CT molecular complexity index is 641. The predicted molar refractivity (Wildman–Crippen MR) is 76.7 cm³/mol. The van der Waals surface area contributed by atoms with Gasteiger partial charge in [0.05, 0.1) is 0 Å². The van der Waals surface area contributed by atoms with Crippen molar-refractivity contribution in [3.05, 3.63) is 64.6 Å². The Morgan fingerprint density at radius 1 is 1.22 bits per heavy atom. The van der Waals surface area contributed by atoms with Crippen molar-refractivity contribution in [3.63, 3.8) is 0 Å². The summed E-state index contributed by atoms with van der Waals surface area (Å²) in [5.41, 5.74) is 8.84. The third-order valence-electron chi connectivity index (χ3n) is 3.15. The van der Waals surface area contributed by atoms with Crippen LogP contribution in [0.3, 0.4) is 0 Å². The van der Waals surface area contributed by atoms with Gasteiger partial charge < -0.3 is 5.73 Å². The molecule has 0 bridgehead atoms. The fraction of sp³-hybridized carbons (Fsp3) is 0.133. The predicted octanol–water partition coefficient (Wildman–Crippen LogP) is 3.54. The van der Waals surface area contributed by atoms with Crippen LogP contribution in [-0.2, 0) is 6.42 Å². The van der Waals surface area contributed by atoms with E-state index in [1.807, 2.05) is 24.5 Å². The molecule has 2 aromatic heterocycles. The smallest absolute Gasteiger partial charge is 0.0346 e. The summed E-state index contributed by atoms with van der Waals surface area (Å²) >= 11 is 1.71. The zero-order chi connectivity index (χ0) is 12.4. The number of rotatable bonds is 3. The number of nitrogens with zero attached hydrogens (tertiary/aromatic N) is 1. The summed E-state index contributed by atoms with van der Waals surface area (Å²) in [6, 6.07) is 10.4. The number of benzene rings is 1. The van der Waals surface area contributed by atoms with Crippen molar-refractivity contribution in [1.82, 2.24) is 4.98 Å². The van der Waals surface area contributed by atoms with Crippen LogP contribution in [0.5, 0.6) is 0 Å². The lowest BCUT2D eigenvalue weighted by Crippen LogP contribution is -2.13. The van der Waals surface area contributed by atoms with Gasteiger partial charge in [-0.15, -0.1) is 0 Å². The Balaban J connectivity index is 1.98. The lowest BCUT2D eigenvalue weighted by atomic mass is 9.96. The second-order valence-electron chi connectivity index (χ2n) is 4.39. The molecule has 0 aliphatic heterocycles. The summed E-state index contributed by atoms with van der Waals surface area (Å²) < 4.78 is 0. The van der Waals surface area contributed by atoms with Crippen LogP contribution >= 0.6 is 11.3 Å². The average molecular weight is 254 g/mol. The lowest BCUT2D eigenvalue weighted by molar-refractivity contribution is 0.730. The number of aromatic nitrogens is 1. The second-order valence-corrected chi connectivity index (χ2v) is 5.17. The van der Waals surface area contributed by atoms with Crippen LogP contribution < -0.4 is 5.73 Å². The fourth-order valence-electron chi connectivity index (χ4n) is 2.24. The standard InChI is InChI=1S/C15H14N2S/c16-15(8-11-5-7-18-10-11)14-3-1-2-12-9-17-6-4-13(12)14/h1-7,9-10,15H,8,16H2. The number of thiophene rings is 1. The number of hydrogen-bond acceptors (Lipinski definition) is 3. The van der Waals surface area contributed by atoms with Crippen LogP contribution in [0.2, 0.25) is 0 Å². The van der Waals surface area contributed by atoms with Crippen LogP contribution in [0.4, 0.5) is 0 Å². The Morgan fingerprint density at radius 3 is 3.00 bits per heavy atom. The third kappa shape index (κ3) is 2.15. The maximum atomic E-state index is 6.34. The first-order chi connectivity index (χ1) is 8.84. The lowest BCUT2D eigenvalue weighted by Gasteiger charge is -2.13. The van der Waals surface area contributed by atoms with E-state index in [-0.39, 0.29) is 6.04 Å². The maximum Gasteiger partial charge on any atom is 0.0346 e. The molecule has 0 fully saturated rings. The highest BCUT2D eigenvalue weighted by Crippen LogP contribution is 2.25. The molecule has 3 heteroatoms. The van der Waals surface area contributed by atoms with Gasteiger partial charge in [-0.3, -0.25) is 4.98 Å². The fourth-order valence-corrected chi connectivity index (χ4v) is 2.93. The zero-order valence-corrected chi connectivity index (χ0v) is 10.7. The number of fused-ring (bicyclic) bond motifs is 1. The van der Waals surface area contributed by atoms with E-state index in [2.05, 4.69) is 33.9 Å². The minimum absolute atomic E-state index is 0.0331. The molecule has 0 aliphatic carbocycles. The van der Waals surface area contributed by atoms with E-state index in [4.69, 9.17) is 5.73 Å². The van der Waals surface area contributed by atoms with Gasteiger partial charge in [0.25, 0.3) is 0 Å². The van der Waals surface area contributed by atoms with E-state index in [0.717, 1.165) is 11.8 Å². The van der Waals surface area contributed by atoms with Crippen molar-refractivity contribution < 1.29 is 0 Å². The quantitative estimate of drug-likeness (QED) is 0.776. The van der Waals surface area contributed by atoms with E-state index in [1.165, 1.54) is 16.5 Å². The molecule has 0 saturated carbocycles. The van der Waals surface area contributed by atoms with Gasteiger partial charge in [0.15, 0.2) is 0 Å². The molecule has 2 N–H and O–H groups in total. The van der Waals surface area contributed by atoms with Gasteiger partial charge in [-0.2, -0.15) is 11.3 Å². The Labute approximate surface area is 110 Å². The van der Waals surface area contributed by atoms with Crippen molar-refractivity contribution in [1.29, 1.82) is 0 Å². The molecular formula is C15H14N2S. The summed E-state index contributed by atoms with van der Waals surface area (Å²) in [6.45, 7) is 0. The minimum atomic E-state index is 0.0331. The molecule has 0 aliphatic rings. The Morgan fingerprint density at radius 2 is 2.17 bits per heavy atom. The van der Waals surface area contributed by atoms with Gasteiger partial charge in [-0.25, -0.2) is 0 Å². The summed E-state index contributed by atoms with van der Waals surface area (Å²) in [7, 11) is 0. The second kappa shape index (κ2) is 4.88. The molecule has 1 atom stereocenters. The highest BCUT2D eigenvalue weighted by Gasteiger charge is 2.10. The maximum absolute atomic E-state index is 6.34. The van der Waals surface area contributed by atoms with Crippen LogP contribution in [0.1, 0.15) is 17.2 Å². The normalized spacial score (nSPS) is 12.7. The first-order valence-electron chi connectivity index (χ1n) is 5.94. The van der Waals surface area contributed by atoms with Crippen molar-refractivity contribution in [2.24, 2.45) is 5.73 Å². The molecule has 2 heterocycles.